The monoisotopic (exact) mass is 269 g/mol. The lowest BCUT2D eigenvalue weighted by Gasteiger charge is -2.24. The molecule has 0 spiro atoms. The first kappa shape index (κ1) is 15.2. The average molecular weight is 269 g/mol. The van der Waals surface area contributed by atoms with Gasteiger partial charge in [0.15, 0.2) is 0 Å². The molecule has 0 aliphatic carbocycles. The van der Waals surface area contributed by atoms with E-state index in [0.29, 0.717) is 17.9 Å². The molecule has 0 aliphatic heterocycles. The number of hydrogen-bond acceptors (Lipinski definition) is 6. The van der Waals surface area contributed by atoms with Gasteiger partial charge in [-0.1, -0.05) is 0 Å². The van der Waals surface area contributed by atoms with Crippen LogP contribution in [0, 0.1) is 0 Å². The van der Waals surface area contributed by atoms with Gasteiger partial charge in [-0.05, 0) is 19.9 Å². The van der Waals surface area contributed by atoms with Crippen LogP contribution in [0.2, 0.25) is 0 Å². The summed E-state index contributed by atoms with van der Waals surface area (Å²) in [5, 5.41) is 0. The molecule has 19 heavy (non-hydrogen) atoms. The Morgan fingerprint density at radius 1 is 1.32 bits per heavy atom. The lowest BCUT2D eigenvalue weighted by atomic mass is 10.2. The number of furan rings is 1. The molecule has 1 heterocycles. The molecule has 6 heteroatoms. The third kappa shape index (κ3) is 4.10. The Morgan fingerprint density at radius 3 is 2.53 bits per heavy atom. The van der Waals surface area contributed by atoms with Crippen LogP contribution in [0.1, 0.15) is 30.0 Å². The van der Waals surface area contributed by atoms with Crippen molar-refractivity contribution in [1.82, 2.24) is 4.90 Å². The minimum Gasteiger partial charge on any atom is -0.468 e. The SMILES string of the molecule is COC(=O)CN(Cc1occc1C(=O)OC)C(C)C. The first-order valence-corrected chi connectivity index (χ1v) is 5.95. The number of methoxy groups -OCH3 is 2. The molecule has 6 nitrogen and oxygen atoms in total. The molecular weight excluding hydrogens is 250 g/mol. The summed E-state index contributed by atoms with van der Waals surface area (Å²) < 4.78 is 14.6. The second-order valence-corrected chi connectivity index (χ2v) is 4.32. The molecule has 1 aromatic rings. The van der Waals surface area contributed by atoms with Crippen LogP contribution in [-0.4, -0.2) is 43.6 Å². The van der Waals surface area contributed by atoms with E-state index in [0.717, 1.165) is 0 Å². The van der Waals surface area contributed by atoms with Gasteiger partial charge in [0.2, 0.25) is 0 Å². The van der Waals surface area contributed by atoms with Crippen LogP contribution < -0.4 is 0 Å². The molecule has 0 aliphatic rings. The van der Waals surface area contributed by atoms with Crippen LogP contribution in [0.25, 0.3) is 0 Å². The van der Waals surface area contributed by atoms with E-state index in [1.54, 1.807) is 6.07 Å². The molecule has 0 saturated heterocycles. The highest BCUT2D eigenvalue weighted by Crippen LogP contribution is 2.16. The Hall–Kier alpha value is -1.82. The van der Waals surface area contributed by atoms with Gasteiger partial charge >= 0.3 is 11.9 Å². The van der Waals surface area contributed by atoms with Crippen molar-refractivity contribution in [2.45, 2.75) is 26.4 Å². The fourth-order valence-electron chi connectivity index (χ4n) is 1.59. The first-order chi connectivity index (χ1) is 8.99. The third-order valence-electron chi connectivity index (χ3n) is 2.79. The molecule has 0 saturated carbocycles. The van der Waals surface area contributed by atoms with Crippen molar-refractivity contribution in [3.63, 3.8) is 0 Å². The van der Waals surface area contributed by atoms with E-state index in [4.69, 9.17) is 4.42 Å². The fourth-order valence-corrected chi connectivity index (χ4v) is 1.59. The van der Waals surface area contributed by atoms with Crippen molar-refractivity contribution in [2.24, 2.45) is 0 Å². The molecule has 0 unspecified atom stereocenters. The van der Waals surface area contributed by atoms with Gasteiger partial charge in [0.05, 0.1) is 33.6 Å². The number of esters is 2. The third-order valence-corrected chi connectivity index (χ3v) is 2.79. The van der Waals surface area contributed by atoms with E-state index in [9.17, 15) is 9.59 Å². The van der Waals surface area contributed by atoms with E-state index < -0.39 is 5.97 Å². The summed E-state index contributed by atoms with van der Waals surface area (Å²) in [5.41, 5.74) is 0.373. The standard InChI is InChI=1S/C13H19NO5/c1-9(2)14(8-12(15)17-3)7-11-10(5-6-19-11)13(16)18-4/h5-6,9H,7-8H2,1-4H3. The van der Waals surface area contributed by atoms with Gasteiger partial charge in [-0.2, -0.15) is 0 Å². The molecular formula is C13H19NO5. The maximum Gasteiger partial charge on any atom is 0.341 e. The zero-order valence-corrected chi connectivity index (χ0v) is 11.6. The van der Waals surface area contributed by atoms with Crippen molar-refractivity contribution in [2.75, 3.05) is 20.8 Å². The summed E-state index contributed by atoms with van der Waals surface area (Å²) in [4.78, 5) is 24.7. The first-order valence-electron chi connectivity index (χ1n) is 5.95. The van der Waals surface area contributed by atoms with Crippen LogP contribution >= 0.6 is 0 Å². The van der Waals surface area contributed by atoms with E-state index >= 15 is 0 Å². The molecule has 1 aromatic heterocycles. The van der Waals surface area contributed by atoms with Crippen molar-refractivity contribution < 1.29 is 23.5 Å². The summed E-state index contributed by atoms with van der Waals surface area (Å²) >= 11 is 0. The molecule has 0 N–H and O–H groups in total. The highest BCUT2D eigenvalue weighted by atomic mass is 16.5. The zero-order chi connectivity index (χ0) is 14.4. The van der Waals surface area contributed by atoms with Gasteiger partial charge in [0.25, 0.3) is 0 Å². The van der Waals surface area contributed by atoms with Crippen LogP contribution in [0.3, 0.4) is 0 Å². The predicted molar refractivity (Wildman–Crippen MR) is 67.6 cm³/mol. The Kier molecular flexibility index (Phi) is 5.57. The molecule has 0 atom stereocenters. The minimum atomic E-state index is -0.453. The maximum atomic E-state index is 11.5. The molecule has 0 bridgehead atoms. The highest BCUT2D eigenvalue weighted by molar-refractivity contribution is 5.90. The maximum absolute atomic E-state index is 11.5. The summed E-state index contributed by atoms with van der Waals surface area (Å²) in [6, 6.07) is 1.66. The van der Waals surface area contributed by atoms with E-state index in [1.165, 1.54) is 20.5 Å². The predicted octanol–water partition coefficient (Wildman–Crippen LogP) is 1.45. The van der Waals surface area contributed by atoms with Gasteiger partial charge in [0.1, 0.15) is 11.3 Å². The average Bonchev–Trinajstić information content (AvgIpc) is 2.84. The Labute approximate surface area is 112 Å². The van der Waals surface area contributed by atoms with Crippen molar-refractivity contribution >= 4 is 11.9 Å². The van der Waals surface area contributed by atoms with Crippen molar-refractivity contribution in [1.29, 1.82) is 0 Å². The second-order valence-electron chi connectivity index (χ2n) is 4.32. The summed E-state index contributed by atoms with van der Waals surface area (Å²) in [6.07, 6.45) is 1.43. The summed E-state index contributed by atoms with van der Waals surface area (Å²) in [5.74, 6) is -0.310. The number of carbonyl (C=O) groups is 2. The number of carbonyl (C=O) groups excluding carboxylic acids is 2. The van der Waals surface area contributed by atoms with Crippen molar-refractivity contribution in [3.05, 3.63) is 23.7 Å². The Bertz CT molecular complexity index is 438. The quantitative estimate of drug-likeness (QED) is 0.728. The zero-order valence-electron chi connectivity index (χ0n) is 11.6. The fraction of sp³-hybridized carbons (Fsp3) is 0.538. The Balaban J connectivity index is 2.82. The van der Waals surface area contributed by atoms with Gasteiger partial charge in [-0.25, -0.2) is 4.79 Å². The van der Waals surface area contributed by atoms with Crippen LogP contribution in [0.5, 0.6) is 0 Å². The number of hydrogen-bond donors (Lipinski definition) is 0. The lowest BCUT2D eigenvalue weighted by molar-refractivity contribution is -0.142. The van der Waals surface area contributed by atoms with Gasteiger partial charge in [-0.3, -0.25) is 9.69 Å². The van der Waals surface area contributed by atoms with Crippen LogP contribution in [0.15, 0.2) is 16.7 Å². The van der Waals surface area contributed by atoms with Gasteiger partial charge in [0, 0.05) is 6.04 Å². The highest BCUT2D eigenvalue weighted by Gasteiger charge is 2.21. The smallest absolute Gasteiger partial charge is 0.341 e. The Morgan fingerprint density at radius 2 is 2.00 bits per heavy atom. The van der Waals surface area contributed by atoms with Crippen molar-refractivity contribution in [3.8, 4) is 0 Å². The van der Waals surface area contributed by atoms with Gasteiger partial charge in [-0.15, -0.1) is 0 Å². The van der Waals surface area contributed by atoms with Crippen LogP contribution in [-0.2, 0) is 20.8 Å². The molecule has 106 valence electrons. The topological polar surface area (TPSA) is 69.0 Å². The molecule has 1 rings (SSSR count). The molecule has 0 radical (unpaired) electrons. The van der Waals surface area contributed by atoms with E-state index in [-0.39, 0.29) is 18.6 Å². The van der Waals surface area contributed by atoms with E-state index in [1.807, 2.05) is 18.7 Å². The summed E-state index contributed by atoms with van der Waals surface area (Å²) in [6.45, 7) is 4.37. The lowest BCUT2D eigenvalue weighted by Crippen LogP contribution is -2.35. The number of ether oxygens (including phenoxy) is 2. The molecule has 0 fully saturated rings. The second kappa shape index (κ2) is 6.94. The van der Waals surface area contributed by atoms with Gasteiger partial charge < -0.3 is 13.9 Å². The molecule has 0 aromatic carbocycles. The minimum absolute atomic E-state index is 0.106. The number of nitrogens with zero attached hydrogens (tertiary/aromatic N) is 1. The largest absolute Gasteiger partial charge is 0.468 e. The summed E-state index contributed by atoms with van der Waals surface area (Å²) in [7, 11) is 2.65. The van der Waals surface area contributed by atoms with Crippen LogP contribution in [0.4, 0.5) is 0 Å². The molecule has 0 amide bonds. The van der Waals surface area contributed by atoms with E-state index in [2.05, 4.69) is 9.47 Å². The number of rotatable bonds is 6. The normalized spacial score (nSPS) is 10.8.